The second-order valence-electron chi connectivity index (χ2n) is 5.51. The van der Waals surface area contributed by atoms with Gasteiger partial charge in [0.15, 0.2) is 0 Å². The van der Waals surface area contributed by atoms with Crippen molar-refractivity contribution in [3.8, 4) is 0 Å². The van der Waals surface area contributed by atoms with E-state index in [1.54, 1.807) is 0 Å². The molecule has 0 aliphatic rings. The minimum Gasteiger partial charge on any atom is -0.480 e. The Bertz CT molecular complexity index is 471. The third-order valence-electron chi connectivity index (χ3n) is 3.23. The highest BCUT2D eigenvalue weighted by atomic mass is 16.4. The minimum atomic E-state index is -1.29. The summed E-state index contributed by atoms with van der Waals surface area (Å²) in [6.07, 6.45) is 0.532. The van der Waals surface area contributed by atoms with E-state index in [2.05, 4.69) is 16.0 Å². The molecule has 11 nitrogen and oxygen atoms in total. The van der Waals surface area contributed by atoms with Crippen molar-refractivity contribution in [3.05, 3.63) is 0 Å². The summed E-state index contributed by atoms with van der Waals surface area (Å²) in [5.41, 5.74) is 11.1. The maximum absolute atomic E-state index is 12.0. The molecule has 0 fully saturated rings. The molecule has 0 aromatic heterocycles. The van der Waals surface area contributed by atoms with Gasteiger partial charge in [0, 0.05) is 0 Å². The maximum atomic E-state index is 12.0. The van der Waals surface area contributed by atoms with Crippen LogP contribution in [0.25, 0.3) is 0 Å². The highest BCUT2D eigenvalue weighted by Gasteiger charge is 2.27. The Morgan fingerprint density at radius 3 is 2.20 bits per heavy atom. The first-order valence-electron chi connectivity index (χ1n) is 7.89. The molecule has 3 atom stereocenters. The number of nitrogens with two attached hydrogens (primary N) is 2. The van der Waals surface area contributed by atoms with Crippen molar-refractivity contribution in [1.82, 2.24) is 16.0 Å². The Balaban J connectivity index is 4.47. The van der Waals surface area contributed by atoms with Crippen LogP contribution in [0.5, 0.6) is 0 Å². The molecule has 25 heavy (non-hydrogen) atoms. The number of carbonyl (C=O) groups is 4. The smallest absolute Gasteiger partial charge is 0.322 e. The zero-order chi connectivity index (χ0) is 19.4. The predicted octanol–water partition coefficient (Wildman–Crippen LogP) is -3.37. The van der Waals surface area contributed by atoms with Crippen LogP contribution in [0.4, 0.5) is 0 Å². The molecule has 0 aliphatic heterocycles. The molecule has 0 spiro atoms. The van der Waals surface area contributed by atoms with E-state index < -0.39 is 55.0 Å². The number of aliphatic carboxylic acids is 1. The van der Waals surface area contributed by atoms with Crippen LogP contribution in [-0.4, -0.2) is 71.7 Å². The fourth-order valence-electron chi connectivity index (χ4n) is 1.82. The Morgan fingerprint density at radius 1 is 1.04 bits per heavy atom. The Labute approximate surface area is 145 Å². The van der Waals surface area contributed by atoms with E-state index in [1.807, 2.05) is 0 Å². The minimum absolute atomic E-state index is 0.384. The molecule has 0 aromatic rings. The second kappa shape index (κ2) is 12.2. The second-order valence-corrected chi connectivity index (χ2v) is 5.51. The zero-order valence-electron chi connectivity index (χ0n) is 14.2. The number of amides is 3. The molecule has 3 unspecified atom stereocenters. The van der Waals surface area contributed by atoms with Crippen molar-refractivity contribution in [1.29, 1.82) is 0 Å². The van der Waals surface area contributed by atoms with Gasteiger partial charge in [-0.15, -0.1) is 0 Å². The monoisotopic (exact) mass is 361 g/mol. The molecule has 0 saturated heterocycles. The number of carbonyl (C=O) groups excluding carboxylic acids is 3. The van der Waals surface area contributed by atoms with Crippen LogP contribution in [0.15, 0.2) is 0 Å². The molecule has 0 heterocycles. The van der Waals surface area contributed by atoms with Crippen LogP contribution in [0, 0.1) is 0 Å². The Kier molecular flexibility index (Phi) is 11.1. The summed E-state index contributed by atoms with van der Waals surface area (Å²) in [5.74, 6) is -3.33. The fraction of sp³-hybridized carbons (Fsp3) is 0.714. The number of hydrogen-bond donors (Lipinski definition) is 7. The van der Waals surface area contributed by atoms with Crippen molar-refractivity contribution < 1.29 is 29.4 Å². The number of nitrogens with one attached hydrogen (secondary N) is 3. The fourth-order valence-corrected chi connectivity index (χ4v) is 1.82. The number of carboxylic acids is 1. The standard InChI is InChI=1S/C14H27N5O6/c1-8(20)12(19-13(24)9(16)4-2-3-5-15)14(25)18-6-10(21)17-7-11(22)23/h8-9,12,20H,2-7,15-16H2,1H3,(H,17,21)(H,18,25)(H,19,24)(H,22,23). The van der Waals surface area contributed by atoms with E-state index in [0.29, 0.717) is 25.8 Å². The summed E-state index contributed by atoms with van der Waals surface area (Å²) in [6, 6.07) is -2.14. The first kappa shape index (κ1) is 22.8. The van der Waals surface area contributed by atoms with Crippen molar-refractivity contribution in [2.75, 3.05) is 19.6 Å². The Hall–Kier alpha value is -2.24. The molecule has 0 radical (unpaired) electrons. The third-order valence-corrected chi connectivity index (χ3v) is 3.23. The lowest BCUT2D eigenvalue weighted by Gasteiger charge is -2.22. The van der Waals surface area contributed by atoms with E-state index in [0.717, 1.165) is 0 Å². The molecule has 0 bridgehead atoms. The lowest BCUT2D eigenvalue weighted by Crippen LogP contribution is -2.56. The predicted molar refractivity (Wildman–Crippen MR) is 88.1 cm³/mol. The largest absolute Gasteiger partial charge is 0.480 e. The number of aliphatic hydroxyl groups is 1. The quantitative estimate of drug-likeness (QED) is 0.175. The van der Waals surface area contributed by atoms with E-state index in [-0.39, 0.29) is 0 Å². The highest BCUT2D eigenvalue weighted by molar-refractivity contribution is 5.92. The van der Waals surface area contributed by atoms with E-state index >= 15 is 0 Å². The van der Waals surface area contributed by atoms with Crippen LogP contribution >= 0.6 is 0 Å². The Morgan fingerprint density at radius 2 is 1.68 bits per heavy atom. The van der Waals surface area contributed by atoms with Crippen molar-refractivity contribution >= 4 is 23.7 Å². The normalized spacial score (nSPS) is 14.1. The van der Waals surface area contributed by atoms with Crippen molar-refractivity contribution in [2.45, 2.75) is 44.4 Å². The van der Waals surface area contributed by atoms with E-state index in [9.17, 15) is 24.3 Å². The lowest BCUT2D eigenvalue weighted by atomic mass is 10.1. The van der Waals surface area contributed by atoms with E-state index in [4.69, 9.17) is 16.6 Å². The first-order valence-corrected chi connectivity index (χ1v) is 7.89. The zero-order valence-corrected chi connectivity index (χ0v) is 14.2. The van der Waals surface area contributed by atoms with E-state index in [1.165, 1.54) is 6.92 Å². The number of aliphatic hydroxyl groups excluding tert-OH is 1. The summed E-state index contributed by atoms with van der Waals surface area (Å²) in [6.45, 7) is 0.711. The van der Waals surface area contributed by atoms with Gasteiger partial charge in [-0.3, -0.25) is 19.2 Å². The molecule has 11 heteroatoms. The average Bonchev–Trinajstić information content (AvgIpc) is 2.55. The highest BCUT2D eigenvalue weighted by Crippen LogP contribution is 2.00. The van der Waals surface area contributed by atoms with Gasteiger partial charge in [-0.05, 0) is 26.3 Å². The van der Waals surface area contributed by atoms with Gasteiger partial charge in [-0.25, -0.2) is 0 Å². The van der Waals surface area contributed by atoms with Crippen LogP contribution < -0.4 is 27.4 Å². The van der Waals surface area contributed by atoms with Crippen LogP contribution in [0.3, 0.4) is 0 Å². The summed E-state index contributed by atoms with van der Waals surface area (Å²) in [4.78, 5) is 45.6. The van der Waals surface area contributed by atoms with Crippen molar-refractivity contribution in [2.24, 2.45) is 11.5 Å². The SMILES string of the molecule is CC(O)C(NC(=O)C(N)CCCCN)C(=O)NCC(=O)NCC(=O)O. The number of hydrogen-bond acceptors (Lipinski definition) is 7. The van der Waals surface area contributed by atoms with Gasteiger partial charge in [0.1, 0.15) is 12.6 Å². The molecule has 3 amide bonds. The summed E-state index contributed by atoms with van der Waals surface area (Å²) < 4.78 is 0. The summed E-state index contributed by atoms with van der Waals surface area (Å²) in [7, 11) is 0. The summed E-state index contributed by atoms with van der Waals surface area (Å²) in [5, 5.41) is 24.7. The van der Waals surface area contributed by atoms with Crippen LogP contribution in [0.1, 0.15) is 26.2 Å². The van der Waals surface area contributed by atoms with Crippen molar-refractivity contribution in [3.63, 3.8) is 0 Å². The average molecular weight is 361 g/mol. The molecule has 0 saturated carbocycles. The number of rotatable bonds is 12. The molecule has 0 aliphatic carbocycles. The topological polar surface area (TPSA) is 197 Å². The molecular formula is C14H27N5O6. The molecule has 0 aromatic carbocycles. The lowest BCUT2D eigenvalue weighted by molar-refractivity contribution is -0.138. The first-order chi connectivity index (χ1) is 11.7. The van der Waals surface area contributed by atoms with Gasteiger partial charge in [-0.2, -0.15) is 0 Å². The summed E-state index contributed by atoms with van der Waals surface area (Å²) >= 11 is 0. The van der Waals surface area contributed by atoms with Gasteiger partial charge in [-0.1, -0.05) is 6.42 Å². The van der Waals surface area contributed by atoms with Gasteiger partial charge in [0.25, 0.3) is 0 Å². The molecule has 9 N–H and O–H groups in total. The third kappa shape index (κ3) is 10.3. The van der Waals surface area contributed by atoms with Gasteiger partial charge < -0.3 is 37.6 Å². The van der Waals surface area contributed by atoms with Gasteiger partial charge in [0.2, 0.25) is 17.7 Å². The van der Waals surface area contributed by atoms with Gasteiger partial charge >= 0.3 is 5.97 Å². The number of unbranched alkanes of at least 4 members (excludes halogenated alkanes) is 1. The molecule has 0 rings (SSSR count). The van der Waals surface area contributed by atoms with Crippen LogP contribution in [-0.2, 0) is 19.2 Å². The molecule has 144 valence electrons. The molecular weight excluding hydrogens is 334 g/mol. The number of carboxylic acid groups (broad SMARTS) is 1. The maximum Gasteiger partial charge on any atom is 0.322 e. The van der Waals surface area contributed by atoms with Gasteiger partial charge in [0.05, 0.1) is 18.7 Å². The van der Waals surface area contributed by atoms with Crippen LogP contribution in [0.2, 0.25) is 0 Å².